The number of aliphatic imine (C=N–C) groups is 1. The molecule has 0 bridgehead atoms. The standard InChI is InChI=1S/C19H32N8O3.HI/c1-3-20-19(21-6-9-26-15-17(14-22-26)27(29)30)25-12-10-23(11-13-25)16(2)18(28)24-7-4-5-8-24;/h14-16H,3-13H2,1-2H3,(H,20,21);1H. The number of halogens is 1. The van der Waals surface area contributed by atoms with E-state index >= 15 is 0 Å². The van der Waals surface area contributed by atoms with Crippen molar-refractivity contribution < 1.29 is 9.72 Å². The van der Waals surface area contributed by atoms with Crippen molar-refractivity contribution in [3.8, 4) is 0 Å². The van der Waals surface area contributed by atoms with Gasteiger partial charge in [-0.15, -0.1) is 24.0 Å². The smallest absolute Gasteiger partial charge is 0.306 e. The molecule has 0 aromatic carbocycles. The van der Waals surface area contributed by atoms with Crippen LogP contribution in [0.4, 0.5) is 5.69 Å². The number of carbonyl (C=O) groups excluding carboxylic acids is 1. The highest BCUT2D eigenvalue weighted by molar-refractivity contribution is 14.0. The fraction of sp³-hybridized carbons (Fsp3) is 0.737. The van der Waals surface area contributed by atoms with Crippen molar-refractivity contribution in [1.29, 1.82) is 0 Å². The van der Waals surface area contributed by atoms with Gasteiger partial charge in [0.1, 0.15) is 12.4 Å². The number of guanidine groups is 1. The highest BCUT2D eigenvalue weighted by atomic mass is 127. The maximum atomic E-state index is 12.7. The van der Waals surface area contributed by atoms with Crippen LogP contribution in [-0.2, 0) is 11.3 Å². The number of aromatic nitrogens is 2. The number of nitro groups is 1. The van der Waals surface area contributed by atoms with Gasteiger partial charge in [0.15, 0.2) is 5.96 Å². The van der Waals surface area contributed by atoms with Gasteiger partial charge in [0.25, 0.3) is 0 Å². The summed E-state index contributed by atoms with van der Waals surface area (Å²) in [4.78, 5) is 34.1. The first-order chi connectivity index (χ1) is 14.5. The van der Waals surface area contributed by atoms with Crippen molar-refractivity contribution in [2.24, 2.45) is 4.99 Å². The average Bonchev–Trinajstić information content (AvgIpc) is 3.44. The van der Waals surface area contributed by atoms with Gasteiger partial charge in [-0.3, -0.25) is 29.5 Å². The van der Waals surface area contributed by atoms with Gasteiger partial charge in [-0.1, -0.05) is 0 Å². The Labute approximate surface area is 200 Å². The normalized spacial score (nSPS) is 18.6. The molecule has 1 amide bonds. The Morgan fingerprint density at radius 3 is 2.48 bits per heavy atom. The van der Waals surface area contributed by atoms with Crippen molar-refractivity contribution in [1.82, 2.24) is 29.8 Å². The molecule has 3 heterocycles. The minimum atomic E-state index is -0.453. The summed E-state index contributed by atoms with van der Waals surface area (Å²) in [5.74, 6) is 1.08. The zero-order valence-electron chi connectivity index (χ0n) is 18.3. The number of nitrogens with one attached hydrogen (secondary N) is 1. The lowest BCUT2D eigenvalue weighted by atomic mass is 10.2. The third-order valence-electron chi connectivity index (χ3n) is 5.69. The zero-order valence-corrected chi connectivity index (χ0v) is 20.6. The SMILES string of the molecule is CCNC(=NCCn1cc([N+](=O)[O-])cn1)N1CCN(C(C)C(=O)N2CCCC2)CC1.I. The topological polar surface area (TPSA) is 112 Å². The van der Waals surface area contributed by atoms with Gasteiger partial charge >= 0.3 is 5.69 Å². The van der Waals surface area contributed by atoms with E-state index in [-0.39, 0.29) is 41.6 Å². The molecule has 0 spiro atoms. The van der Waals surface area contributed by atoms with Crippen LogP contribution in [0.2, 0.25) is 0 Å². The fourth-order valence-electron chi connectivity index (χ4n) is 3.93. The van der Waals surface area contributed by atoms with E-state index in [2.05, 4.69) is 25.2 Å². The first-order valence-corrected chi connectivity index (χ1v) is 10.7. The molecule has 12 heteroatoms. The summed E-state index contributed by atoms with van der Waals surface area (Å²) >= 11 is 0. The van der Waals surface area contributed by atoms with Gasteiger partial charge in [-0.2, -0.15) is 5.10 Å². The molecule has 174 valence electrons. The van der Waals surface area contributed by atoms with Crippen LogP contribution in [0.5, 0.6) is 0 Å². The molecule has 1 N–H and O–H groups in total. The van der Waals surface area contributed by atoms with Crippen LogP contribution >= 0.6 is 24.0 Å². The van der Waals surface area contributed by atoms with Gasteiger partial charge < -0.3 is 15.1 Å². The molecule has 0 saturated carbocycles. The Morgan fingerprint density at radius 2 is 1.90 bits per heavy atom. The maximum Gasteiger partial charge on any atom is 0.306 e. The number of piperazine rings is 1. The lowest BCUT2D eigenvalue weighted by Gasteiger charge is -2.39. The number of amides is 1. The first kappa shape index (κ1) is 25.3. The average molecular weight is 548 g/mol. The summed E-state index contributed by atoms with van der Waals surface area (Å²) in [6.45, 7) is 10.8. The summed E-state index contributed by atoms with van der Waals surface area (Å²) in [7, 11) is 0. The number of nitrogens with zero attached hydrogens (tertiary/aromatic N) is 7. The second kappa shape index (κ2) is 12.2. The van der Waals surface area contributed by atoms with Gasteiger partial charge in [-0.05, 0) is 26.7 Å². The van der Waals surface area contributed by atoms with Crippen LogP contribution in [0, 0.1) is 10.1 Å². The highest BCUT2D eigenvalue weighted by Crippen LogP contribution is 2.14. The monoisotopic (exact) mass is 548 g/mol. The summed E-state index contributed by atoms with van der Waals surface area (Å²) in [6, 6.07) is -0.0830. The van der Waals surface area contributed by atoms with Crippen molar-refractivity contribution in [3.63, 3.8) is 0 Å². The van der Waals surface area contributed by atoms with E-state index in [1.807, 2.05) is 18.7 Å². The van der Waals surface area contributed by atoms with E-state index in [0.717, 1.165) is 64.6 Å². The lowest BCUT2D eigenvalue weighted by Crippen LogP contribution is -2.57. The molecule has 1 unspecified atom stereocenters. The van der Waals surface area contributed by atoms with Gasteiger partial charge in [0.2, 0.25) is 5.91 Å². The molecular weight excluding hydrogens is 515 g/mol. The first-order valence-electron chi connectivity index (χ1n) is 10.7. The van der Waals surface area contributed by atoms with Crippen molar-refractivity contribution >= 4 is 41.5 Å². The van der Waals surface area contributed by atoms with E-state index < -0.39 is 4.92 Å². The Kier molecular flexibility index (Phi) is 9.93. The summed E-state index contributed by atoms with van der Waals surface area (Å²) in [6.07, 6.45) is 4.89. The minimum Gasteiger partial charge on any atom is -0.357 e. The van der Waals surface area contributed by atoms with Gasteiger partial charge in [-0.25, -0.2) is 0 Å². The van der Waals surface area contributed by atoms with Crippen LogP contribution in [0.1, 0.15) is 26.7 Å². The zero-order chi connectivity index (χ0) is 21.5. The third-order valence-corrected chi connectivity index (χ3v) is 5.69. The summed E-state index contributed by atoms with van der Waals surface area (Å²) in [5.41, 5.74) is -0.0143. The molecule has 3 rings (SSSR count). The predicted octanol–water partition coefficient (Wildman–Crippen LogP) is 1.00. The van der Waals surface area contributed by atoms with E-state index in [1.165, 1.54) is 17.1 Å². The molecule has 2 aliphatic heterocycles. The molecule has 0 radical (unpaired) electrons. The molecular formula is C19H33IN8O3. The van der Waals surface area contributed by atoms with E-state index in [4.69, 9.17) is 0 Å². The largest absolute Gasteiger partial charge is 0.357 e. The fourth-order valence-corrected chi connectivity index (χ4v) is 3.93. The van der Waals surface area contributed by atoms with E-state index in [1.54, 1.807) is 0 Å². The van der Waals surface area contributed by atoms with Crippen molar-refractivity contribution in [2.45, 2.75) is 39.3 Å². The maximum absolute atomic E-state index is 12.7. The Balaban J connectivity index is 0.00000341. The van der Waals surface area contributed by atoms with Gasteiger partial charge in [0, 0.05) is 45.8 Å². The third kappa shape index (κ3) is 6.76. The number of carbonyl (C=O) groups is 1. The summed E-state index contributed by atoms with van der Waals surface area (Å²) in [5, 5.41) is 18.1. The predicted molar refractivity (Wildman–Crippen MR) is 129 cm³/mol. The Bertz CT molecular complexity index is 757. The molecule has 11 nitrogen and oxygen atoms in total. The number of hydrogen-bond donors (Lipinski definition) is 1. The second-order valence-electron chi connectivity index (χ2n) is 7.69. The van der Waals surface area contributed by atoms with Crippen LogP contribution in [0.3, 0.4) is 0 Å². The molecule has 2 saturated heterocycles. The molecule has 0 aliphatic carbocycles. The Hall–Kier alpha value is -1.96. The number of rotatable bonds is 7. The van der Waals surface area contributed by atoms with Crippen LogP contribution in [-0.4, -0.2) is 99.7 Å². The minimum absolute atomic E-state index is 0. The van der Waals surface area contributed by atoms with E-state index in [9.17, 15) is 14.9 Å². The van der Waals surface area contributed by atoms with Crippen LogP contribution in [0.15, 0.2) is 17.4 Å². The van der Waals surface area contributed by atoms with Crippen LogP contribution in [0.25, 0.3) is 0 Å². The second-order valence-corrected chi connectivity index (χ2v) is 7.69. The quantitative estimate of drug-likeness (QED) is 0.178. The van der Waals surface area contributed by atoms with Crippen molar-refractivity contribution in [2.75, 3.05) is 52.4 Å². The summed E-state index contributed by atoms with van der Waals surface area (Å²) < 4.78 is 1.54. The molecule has 2 aliphatic rings. The van der Waals surface area contributed by atoms with E-state index in [0.29, 0.717) is 13.1 Å². The molecule has 1 atom stereocenters. The van der Waals surface area contributed by atoms with Crippen LogP contribution < -0.4 is 5.32 Å². The van der Waals surface area contributed by atoms with Gasteiger partial charge in [0.05, 0.1) is 24.1 Å². The molecule has 2 fully saturated rings. The Morgan fingerprint density at radius 1 is 1.23 bits per heavy atom. The number of hydrogen-bond acceptors (Lipinski definition) is 6. The molecule has 31 heavy (non-hydrogen) atoms. The molecule has 1 aromatic rings. The van der Waals surface area contributed by atoms with Crippen molar-refractivity contribution in [3.05, 3.63) is 22.5 Å². The highest BCUT2D eigenvalue weighted by Gasteiger charge is 2.30. The number of likely N-dealkylation sites (tertiary alicyclic amines) is 1. The molecule has 1 aromatic heterocycles. The lowest BCUT2D eigenvalue weighted by molar-refractivity contribution is -0.385.